The first kappa shape index (κ1) is 24.7. The van der Waals surface area contributed by atoms with Crippen LogP contribution in [-0.2, 0) is 4.79 Å². The molecule has 0 atom stereocenters. The van der Waals surface area contributed by atoms with Crippen molar-refractivity contribution in [1.82, 2.24) is 4.98 Å². The van der Waals surface area contributed by atoms with Gasteiger partial charge in [0.05, 0.1) is 33.2 Å². The lowest BCUT2D eigenvalue weighted by atomic mass is 9.99. The van der Waals surface area contributed by atoms with Crippen LogP contribution in [0.3, 0.4) is 0 Å². The molecule has 1 aromatic heterocycles. The van der Waals surface area contributed by atoms with E-state index in [0.29, 0.717) is 27.4 Å². The number of benzene rings is 2. The summed E-state index contributed by atoms with van der Waals surface area (Å²) >= 11 is 5.90. The fourth-order valence-electron chi connectivity index (χ4n) is 3.19. The van der Waals surface area contributed by atoms with Gasteiger partial charge in [0.2, 0.25) is 0 Å². The van der Waals surface area contributed by atoms with E-state index in [0.717, 1.165) is 0 Å². The van der Waals surface area contributed by atoms with E-state index in [9.17, 15) is 27.6 Å². The van der Waals surface area contributed by atoms with Crippen molar-refractivity contribution in [3.63, 3.8) is 0 Å². The van der Waals surface area contributed by atoms with Crippen molar-refractivity contribution in [3.05, 3.63) is 75.9 Å². The van der Waals surface area contributed by atoms with Crippen molar-refractivity contribution in [2.24, 2.45) is 5.73 Å². The zero-order chi connectivity index (χ0) is 25.2. The van der Waals surface area contributed by atoms with E-state index < -0.39 is 23.9 Å². The minimum atomic E-state index is -5.15. The number of amides is 3. The molecule has 34 heavy (non-hydrogen) atoms. The van der Waals surface area contributed by atoms with Gasteiger partial charge in [-0.1, -0.05) is 17.7 Å². The second kappa shape index (κ2) is 9.52. The Morgan fingerprint density at radius 1 is 0.941 bits per heavy atom. The number of carbonyl (C=O) groups is 3. The molecule has 0 aliphatic rings. The lowest BCUT2D eigenvalue weighted by molar-refractivity contribution is -0.167. The number of anilines is 2. The third kappa shape index (κ3) is 5.52. The van der Waals surface area contributed by atoms with Crippen LogP contribution < -0.4 is 16.4 Å². The highest BCUT2D eigenvalue weighted by molar-refractivity contribution is 6.30. The van der Waals surface area contributed by atoms with Gasteiger partial charge in [-0.05, 0) is 61.4 Å². The summed E-state index contributed by atoms with van der Waals surface area (Å²) in [5.41, 5.74) is 6.74. The van der Waals surface area contributed by atoms with Crippen molar-refractivity contribution >= 4 is 40.7 Å². The fraction of sp³-hybridized carbons (Fsp3) is 0.130. The van der Waals surface area contributed by atoms with Gasteiger partial charge >= 0.3 is 12.1 Å². The van der Waals surface area contributed by atoms with Crippen molar-refractivity contribution in [3.8, 4) is 11.3 Å². The maximum atomic E-state index is 13.1. The van der Waals surface area contributed by atoms with E-state index in [1.54, 1.807) is 37.4 Å². The summed E-state index contributed by atoms with van der Waals surface area (Å²) in [6.07, 6.45) is -3.78. The SMILES string of the molecule is Cc1ccc(C(=O)Nc2c(C(N)=O)cc(C)cc2-c2ccc(Cl)cn2)c(NC(=O)C(F)(F)F)c1. The monoisotopic (exact) mass is 490 g/mol. The second-order valence-corrected chi connectivity index (χ2v) is 7.85. The van der Waals surface area contributed by atoms with Crippen molar-refractivity contribution in [2.75, 3.05) is 10.6 Å². The molecule has 0 unspecified atom stereocenters. The van der Waals surface area contributed by atoms with E-state index in [-0.39, 0.29) is 22.5 Å². The van der Waals surface area contributed by atoms with Crippen LogP contribution in [0.5, 0.6) is 0 Å². The van der Waals surface area contributed by atoms with Crippen LogP contribution in [0.1, 0.15) is 31.8 Å². The van der Waals surface area contributed by atoms with E-state index >= 15 is 0 Å². The number of nitrogens with zero attached hydrogens (tertiary/aromatic N) is 1. The molecule has 0 aliphatic carbocycles. The molecule has 0 saturated carbocycles. The smallest absolute Gasteiger partial charge is 0.366 e. The van der Waals surface area contributed by atoms with Gasteiger partial charge < -0.3 is 16.4 Å². The highest BCUT2D eigenvalue weighted by atomic mass is 35.5. The predicted molar refractivity (Wildman–Crippen MR) is 122 cm³/mol. The molecule has 0 radical (unpaired) electrons. The van der Waals surface area contributed by atoms with Crippen LogP contribution in [0.25, 0.3) is 11.3 Å². The van der Waals surface area contributed by atoms with Gasteiger partial charge in [-0.3, -0.25) is 19.4 Å². The van der Waals surface area contributed by atoms with Crippen LogP contribution >= 0.6 is 11.6 Å². The molecule has 176 valence electrons. The first-order valence-corrected chi connectivity index (χ1v) is 10.1. The fourth-order valence-corrected chi connectivity index (χ4v) is 3.30. The molecule has 0 bridgehead atoms. The average Bonchev–Trinajstić information content (AvgIpc) is 2.74. The molecular weight excluding hydrogens is 473 g/mol. The Balaban J connectivity index is 2.10. The molecule has 4 N–H and O–H groups in total. The number of rotatable bonds is 5. The van der Waals surface area contributed by atoms with Gasteiger partial charge in [-0.15, -0.1) is 0 Å². The molecule has 7 nitrogen and oxygen atoms in total. The summed E-state index contributed by atoms with van der Waals surface area (Å²) in [4.78, 5) is 41.0. The minimum absolute atomic E-state index is 0.00611. The quantitative estimate of drug-likeness (QED) is 0.473. The molecule has 2 aromatic carbocycles. The number of primary amides is 1. The van der Waals surface area contributed by atoms with Gasteiger partial charge in [0.15, 0.2) is 0 Å². The van der Waals surface area contributed by atoms with Crippen molar-refractivity contribution in [2.45, 2.75) is 20.0 Å². The average molecular weight is 491 g/mol. The summed E-state index contributed by atoms with van der Waals surface area (Å²) in [5, 5.41) is 4.62. The second-order valence-electron chi connectivity index (χ2n) is 7.42. The maximum absolute atomic E-state index is 13.1. The van der Waals surface area contributed by atoms with Crippen LogP contribution in [-0.4, -0.2) is 28.9 Å². The topological polar surface area (TPSA) is 114 Å². The zero-order valence-corrected chi connectivity index (χ0v) is 18.6. The molecule has 3 aromatic rings. The van der Waals surface area contributed by atoms with Gasteiger partial charge in [0, 0.05) is 11.8 Å². The molecule has 3 rings (SSSR count). The molecule has 0 saturated heterocycles. The Hall–Kier alpha value is -3.92. The summed E-state index contributed by atoms with van der Waals surface area (Å²) in [6.45, 7) is 3.29. The number of alkyl halides is 3. The highest BCUT2D eigenvalue weighted by Crippen LogP contribution is 2.33. The first-order valence-electron chi connectivity index (χ1n) is 9.73. The lowest BCUT2D eigenvalue weighted by Gasteiger charge is -2.17. The molecule has 1 heterocycles. The third-order valence-electron chi connectivity index (χ3n) is 4.72. The number of pyridine rings is 1. The van der Waals surface area contributed by atoms with Crippen LogP contribution in [0, 0.1) is 13.8 Å². The van der Waals surface area contributed by atoms with E-state index in [1.807, 2.05) is 0 Å². The van der Waals surface area contributed by atoms with Crippen LogP contribution in [0.4, 0.5) is 24.5 Å². The zero-order valence-electron chi connectivity index (χ0n) is 17.9. The number of aryl methyl sites for hydroxylation is 2. The largest absolute Gasteiger partial charge is 0.471 e. The number of aromatic nitrogens is 1. The maximum Gasteiger partial charge on any atom is 0.471 e. The molecule has 0 fully saturated rings. The molecular formula is C23H18ClF3N4O3. The summed E-state index contributed by atoms with van der Waals surface area (Å²) < 4.78 is 38.3. The van der Waals surface area contributed by atoms with Gasteiger partial charge in [0.25, 0.3) is 11.8 Å². The Morgan fingerprint density at radius 2 is 1.65 bits per heavy atom. The van der Waals surface area contributed by atoms with E-state index in [4.69, 9.17) is 17.3 Å². The molecule has 0 spiro atoms. The number of carbonyl (C=O) groups excluding carboxylic acids is 3. The first-order chi connectivity index (χ1) is 15.9. The Labute approximate surface area is 197 Å². The van der Waals surface area contributed by atoms with E-state index in [1.165, 1.54) is 30.5 Å². The standard InChI is InChI=1S/C23H18ClF3N4O3/c1-11-3-5-14(18(9-11)30-22(34)23(25,26)27)21(33)31-19-15(17-6-4-13(24)10-29-17)7-12(2)8-16(19)20(28)32/h3-10H,1-2H3,(H2,28,32)(H,30,34)(H,31,33). The van der Waals surface area contributed by atoms with Crippen LogP contribution in [0.2, 0.25) is 5.02 Å². The van der Waals surface area contributed by atoms with Crippen molar-refractivity contribution < 1.29 is 27.6 Å². The van der Waals surface area contributed by atoms with Gasteiger partial charge in [0.1, 0.15) is 0 Å². The predicted octanol–water partition coefficient (Wildman–Crippen LogP) is 4.87. The normalized spacial score (nSPS) is 11.1. The number of halogens is 4. The Bertz CT molecular complexity index is 1290. The van der Waals surface area contributed by atoms with Crippen LogP contribution in [0.15, 0.2) is 48.7 Å². The third-order valence-corrected chi connectivity index (χ3v) is 4.94. The molecule has 3 amide bonds. The van der Waals surface area contributed by atoms with Gasteiger partial charge in [-0.2, -0.15) is 13.2 Å². The summed E-state index contributed by atoms with van der Waals surface area (Å²) in [6, 6.07) is 10.2. The van der Waals surface area contributed by atoms with Crippen molar-refractivity contribution in [1.29, 1.82) is 0 Å². The van der Waals surface area contributed by atoms with E-state index in [2.05, 4.69) is 10.3 Å². The number of hydrogen-bond donors (Lipinski definition) is 3. The number of hydrogen-bond acceptors (Lipinski definition) is 4. The highest BCUT2D eigenvalue weighted by Gasteiger charge is 2.39. The summed E-state index contributed by atoms with van der Waals surface area (Å²) in [5.74, 6) is -3.95. The number of nitrogens with one attached hydrogen (secondary N) is 2. The lowest BCUT2D eigenvalue weighted by Crippen LogP contribution is -2.31. The minimum Gasteiger partial charge on any atom is -0.366 e. The Morgan fingerprint density at radius 3 is 2.24 bits per heavy atom. The summed E-state index contributed by atoms with van der Waals surface area (Å²) in [7, 11) is 0. The Kier molecular flexibility index (Phi) is 6.92. The molecule has 11 heteroatoms. The van der Waals surface area contributed by atoms with Gasteiger partial charge in [-0.25, -0.2) is 0 Å². The number of nitrogens with two attached hydrogens (primary N) is 1. The molecule has 0 aliphatic heterocycles.